The first-order valence-electron chi connectivity index (χ1n) is 7.27. The quantitative estimate of drug-likeness (QED) is 0.586. The van der Waals surface area contributed by atoms with Gasteiger partial charge in [0.1, 0.15) is 0 Å². The predicted molar refractivity (Wildman–Crippen MR) is 75.6 cm³/mol. The first-order chi connectivity index (χ1) is 9.61. The molecule has 0 heterocycles. The van der Waals surface area contributed by atoms with Gasteiger partial charge in [-0.2, -0.15) is 21.0 Å². The third-order valence-electron chi connectivity index (χ3n) is 3.80. The van der Waals surface area contributed by atoms with Crippen LogP contribution in [0.1, 0.15) is 65.2 Å². The monoisotopic (exact) mass is 270 g/mol. The topological polar surface area (TPSA) is 95.2 Å². The SMILES string of the molecule is CCCCCC(C#N)(C#N)C(C#N)(C#N)CCCCC. The highest BCUT2D eigenvalue weighted by molar-refractivity contribution is 5.34. The van der Waals surface area contributed by atoms with Gasteiger partial charge in [0.2, 0.25) is 0 Å². The van der Waals surface area contributed by atoms with Crippen LogP contribution in [0.5, 0.6) is 0 Å². The Bertz CT molecular complexity index is 381. The van der Waals surface area contributed by atoms with Crippen molar-refractivity contribution in [1.82, 2.24) is 0 Å². The van der Waals surface area contributed by atoms with Crippen LogP contribution in [0.3, 0.4) is 0 Å². The Morgan fingerprint density at radius 2 is 0.900 bits per heavy atom. The second-order valence-electron chi connectivity index (χ2n) is 5.17. The first kappa shape index (κ1) is 18.0. The predicted octanol–water partition coefficient (Wildman–Crippen LogP) is 4.21. The zero-order valence-electron chi connectivity index (χ0n) is 12.4. The third kappa shape index (κ3) is 3.73. The Balaban J connectivity index is 5.36. The molecule has 0 aliphatic carbocycles. The van der Waals surface area contributed by atoms with Crippen molar-refractivity contribution in [2.45, 2.75) is 65.2 Å². The Kier molecular flexibility index (Phi) is 8.04. The molecule has 0 aliphatic heterocycles. The molecular formula is C16H22N4. The lowest BCUT2D eigenvalue weighted by molar-refractivity contribution is 0.247. The van der Waals surface area contributed by atoms with E-state index in [9.17, 15) is 21.0 Å². The number of hydrogen-bond donors (Lipinski definition) is 0. The molecule has 0 N–H and O–H groups in total. The Hall–Kier alpha value is -2.04. The summed E-state index contributed by atoms with van der Waals surface area (Å²) in [6.45, 7) is 4.06. The van der Waals surface area contributed by atoms with Gasteiger partial charge < -0.3 is 0 Å². The molecule has 0 aliphatic rings. The Labute approximate surface area is 122 Å². The van der Waals surface area contributed by atoms with Crippen LogP contribution in [0.4, 0.5) is 0 Å². The van der Waals surface area contributed by atoms with Crippen LogP contribution in [-0.2, 0) is 0 Å². The molecular weight excluding hydrogens is 248 g/mol. The lowest BCUT2D eigenvalue weighted by Crippen LogP contribution is -2.38. The summed E-state index contributed by atoms with van der Waals surface area (Å²) in [5.41, 5.74) is -3.03. The van der Waals surface area contributed by atoms with E-state index in [-0.39, 0.29) is 0 Å². The second-order valence-corrected chi connectivity index (χ2v) is 5.17. The van der Waals surface area contributed by atoms with Crippen LogP contribution < -0.4 is 0 Å². The summed E-state index contributed by atoms with van der Waals surface area (Å²) in [5, 5.41) is 37.8. The second kappa shape index (κ2) is 8.96. The van der Waals surface area contributed by atoms with E-state index in [0.717, 1.165) is 25.7 Å². The van der Waals surface area contributed by atoms with E-state index in [4.69, 9.17) is 0 Å². The van der Waals surface area contributed by atoms with Gasteiger partial charge in [0.15, 0.2) is 10.8 Å². The molecule has 0 radical (unpaired) electrons. The molecule has 0 aromatic carbocycles. The molecule has 20 heavy (non-hydrogen) atoms. The van der Waals surface area contributed by atoms with Crippen LogP contribution in [0, 0.1) is 56.2 Å². The average Bonchev–Trinajstić information content (AvgIpc) is 2.49. The molecule has 0 aromatic heterocycles. The minimum absolute atomic E-state index is 0.293. The molecule has 106 valence electrons. The summed E-state index contributed by atoms with van der Waals surface area (Å²) in [6, 6.07) is 7.95. The Morgan fingerprint density at radius 3 is 1.10 bits per heavy atom. The van der Waals surface area contributed by atoms with Crippen LogP contribution in [-0.4, -0.2) is 0 Å². The van der Waals surface area contributed by atoms with E-state index in [0.29, 0.717) is 25.7 Å². The minimum atomic E-state index is -1.51. The van der Waals surface area contributed by atoms with Crippen LogP contribution in [0.2, 0.25) is 0 Å². The van der Waals surface area contributed by atoms with Crippen LogP contribution >= 0.6 is 0 Å². The molecule has 0 spiro atoms. The molecule has 0 fully saturated rings. The molecule has 0 saturated heterocycles. The van der Waals surface area contributed by atoms with Crippen molar-refractivity contribution in [2.75, 3.05) is 0 Å². The van der Waals surface area contributed by atoms with Crippen molar-refractivity contribution in [2.24, 2.45) is 10.8 Å². The van der Waals surface area contributed by atoms with Crippen molar-refractivity contribution in [1.29, 1.82) is 21.0 Å². The van der Waals surface area contributed by atoms with Crippen molar-refractivity contribution in [3.8, 4) is 24.3 Å². The van der Waals surface area contributed by atoms with Crippen LogP contribution in [0.15, 0.2) is 0 Å². The van der Waals surface area contributed by atoms with Gasteiger partial charge in [0.05, 0.1) is 24.3 Å². The maximum Gasteiger partial charge on any atom is 0.175 e. The molecule has 0 aromatic rings. The van der Waals surface area contributed by atoms with Gasteiger partial charge in [-0.15, -0.1) is 0 Å². The molecule has 0 unspecified atom stereocenters. The van der Waals surface area contributed by atoms with Crippen molar-refractivity contribution in [3.63, 3.8) is 0 Å². The summed E-state index contributed by atoms with van der Waals surface area (Å²) in [6.07, 6.45) is 5.69. The molecule has 0 saturated carbocycles. The number of hydrogen-bond acceptors (Lipinski definition) is 4. The van der Waals surface area contributed by atoms with E-state index < -0.39 is 10.8 Å². The summed E-state index contributed by atoms with van der Waals surface area (Å²) >= 11 is 0. The molecule has 0 rings (SSSR count). The summed E-state index contributed by atoms with van der Waals surface area (Å²) in [4.78, 5) is 0. The van der Waals surface area contributed by atoms with E-state index >= 15 is 0 Å². The molecule has 0 bridgehead atoms. The molecule has 4 nitrogen and oxygen atoms in total. The summed E-state index contributed by atoms with van der Waals surface area (Å²) < 4.78 is 0. The molecule has 0 atom stereocenters. The van der Waals surface area contributed by atoms with E-state index in [2.05, 4.69) is 0 Å². The smallest absolute Gasteiger partial charge is 0.175 e. The Morgan fingerprint density at radius 1 is 0.600 bits per heavy atom. The van der Waals surface area contributed by atoms with E-state index in [1.165, 1.54) is 0 Å². The van der Waals surface area contributed by atoms with E-state index in [1.807, 2.05) is 38.1 Å². The van der Waals surface area contributed by atoms with Crippen LogP contribution in [0.25, 0.3) is 0 Å². The van der Waals surface area contributed by atoms with Crippen molar-refractivity contribution >= 4 is 0 Å². The average molecular weight is 270 g/mol. The zero-order chi connectivity index (χ0) is 15.5. The van der Waals surface area contributed by atoms with Gasteiger partial charge in [0, 0.05) is 0 Å². The highest BCUT2D eigenvalue weighted by Crippen LogP contribution is 2.45. The highest BCUT2D eigenvalue weighted by Gasteiger charge is 2.53. The lowest BCUT2D eigenvalue weighted by atomic mass is 9.61. The third-order valence-corrected chi connectivity index (χ3v) is 3.80. The normalized spacial score (nSPS) is 10.9. The first-order valence-corrected chi connectivity index (χ1v) is 7.27. The molecule has 4 heteroatoms. The van der Waals surface area contributed by atoms with Gasteiger partial charge in [0.25, 0.3) is 0 Å². The van der Waals surface area contributed by atoms with Gasteiger partial charge in [-0.05, 0) is 12.8 Å². The van der Waals surface area contributed by atoms with Crippen molar-refractivity contribution < 1.29 is 0 Å². The fourth-order valence-electron chi connectivity index (χ4n) is 2.36. The zero-order valence-corrected chi connectivity index (χ0v) is 12.4. The molecule has 0 amide bonds. The van der Waals surface area contributed by atoms with Crippen molar-refractivity contribution in [3.05, 3.63) is 0 Å². The standard InChI is InChI=1S/C16H22N4/c1-3-5-7-9-15(11-17,12-18)16(13-19,14-20)10-8-6-4-2/h3-10H2,1-2H3. The maximum absolute atomic E-state index is 9.46. The largest absolute Gasteiger partial charge is 0.196 e. The minimum Gasteiger partial charge on any atom is -0.196 e. The number of nitriles is 4. The number of nitrogens with zero attached hydrogens (tertiary/aromatic N) is 4. The fraction of sp³-hybridized carbons (Fsp3) is 0.750. The fourth-order valence-corrected chi connectivity index (χ4v) is 2.36. The van der Waals surface area contributed by atoms with Gasteiger partial charge >= 0.3 is 0 Å². The van der Waals surface area contributed by atoms with Gasteiger partial charge in [-0.1, -0.05) is 52.4 Å². The highest BCUT2D eigenvalue weighted by atomic mass is 14.6. The number of unbranched alkanes of at least 4 members (excludes halogenated alkanes) is 4. The van der Waals surface area contributed by atoms with Gasteiger partial charge in [-0.3, -0.25) is 0 Å². The summed E-state index contributed by atoms with van der Waals surface area (Å²) in [7, 11) is 0. The van der Waals surface area contributed by atoms with Gasteiger partial charge in [-0.25, -0.2) is 0 Å². The lowest BCUT2D eigenvalue weighted by Gasteiger charge is -2.31. The summed E-state index contributed by atoms with van der Waals surface area (Å²) in [5.74, 6) is 0. The number of rotatable bonds is 9. The van der Waals surface area contributed by atoms with E-state index in [1.54, 1.807) is 0 Å². The maximum atomic E-state index is 9.46.